The molecule has 1 unspecified atom stereocenters. The van der Waals surface area contributed by atoms with Gasteiger partial charge in [-0.25, -0.2) is 0 Å². The molecule has 2 aliphatic rings. The van der Waals surface area contributed by atoms with E-state index in [4.69, 9.17) is 0 Å². The van der Waals surface area contributed by atoms with E-state index in [1.807, 2.05) is 0 Å². The Balaban J connectivity index is 1.98. The quantitative estimate of drug-likeness (QED) is 0.814. The van der Waals surface area contributed by atoms with Gasteiger partial charge in [-0.1, -0.05) is 46.5 Å². The van der Waals surface area contributed by atoms with Crippen LogP contribution in [0.2, 0.25) is 0 Å². The molecule has 0 amide bonds. The highest BCUT2D eigenvalue weighted by atomic mass is 15.3. The summed E-state index contributed by atoms with van der Waals surface area (Å²) in [5.74, 6) is 0.811. The predicted molar refractivity (Wildman–Crippen MR) is 83.5 cm³/mol. The highest BCUT2D eigenvalue weighted by molar-refractivity contribution is 5.00. The number of hydrogen-bond acceptors (Lipinski definition) is 2. The van der Waals surface area contributed by atoms with E-state index < -0.39 is 0 Å². The summed E-state index contributed by atoms with van der Waals surface area (Å²) < 4.78 is 0. The van der Waals surface area contributed by atoms with E-state index in [0.29, 0.717) is 5.54 Å². The lowest BCUT2D eigenvalue weighted by molar-refractivity contribution is 0.00576. The summed E-state index contributed by atoms with van der Waals surface area (Å²) in [6.45, 7) is 10.9. The molecule has 1 spiro atoms. The first-order valence-electron chi connectivity index (χ1n) is 8.65. The molecule has 1 heterocycles. The van der Waals surface area contributed by atoms with Gasteiger partial charge in [-0.05, 0) is 38.1 Å². The van der Waals surface area contributed by atoms with Crippen LogP contribution in [-0.2, 0) is 0 Å². The van der Waals surface area contributed by atoms with Gasteiger partial charge >= 0.3 is 0 Å². The van der Waals surface area contributed by atoms with E-state index >= 15 is 0 Å². The maximum Gasteiger partial charge on any atom is 0.0334 e. The van der Waals surface area contributed by atoms with Gasteiger partial charge in [0.25, 0.3) is 0 Å². The third-order valence-corrected chi connectivity index (χ3v) is 5.15. The van der Waals surface area contributed by atoms with Crippen molar-refractivity contribution in [1.29, 1.82) is 0 Å². The second-order valence-electron chi connectivity index (χ2n) is 7.29. The molecule has 1 saturated carbocycles. The summed E-state index contributed by atoms with van der Waals surface area (Å²) >= 11 is 0. The van der Waals surface area contributed by atoms with E-state index in [1.54, 1.807) is 0 Å². The smallest absolute Gasteiger partial charge is 0.0334 e. The molecule has 0 aromatic rings. The number of nitrogens with zero attached hydrogens (tertiary/aromatic N) is 1. The second-order valence-corrected chi connectivity index (χ2v) is 7.29. The highest BCUT2D eigenvalue weighted by Crippen LogP contribution is 2.36. The third-order valence-electron chi connectivity index (χ3n) is 5.15. The molecular formula is C17H34N2. The number of rotatable bonds is 5. The monoisotopic (exact) mass is 266 g/mol. The number of hydrogen-bond donors (Lipinski definition) is 1. The zero-order valence-corrected chi connectivity index (χ0v) is 13.4. The van der Waals surface area contributed by atoms with Gasteiger partial charge in [0, 0.05) is 24.7 Å². The van der Waals surface area contributed by atoms with Crippen molar-refractivity contribution < 1.29 is 0 Å². The van der Waals surface area contributed by atoms with E-state index in [2.05, 4.69) is 31.0 Å². The molecule has 0 aromatic heterocycles. The van der Waals surface area contributed by atoms with Crippen LogP contribution in [0.3, 0.4) is 0 Å². The van der Waals surface area contributed by atoms with Crippen molar-refractivity contribution in [2.45, 2.75) is 83.7 Å². The molecule has 2 rings (SSSR count). The van der Waals surface area contributed by atoms with Crippen molar-refractivity contribution in [3.63, 3.8) is 0 Å². The molecule has 1 aliphatic carbocycles. The molecule has 2 fully saturated rings. The van der Waals surface area contributed by atoms with Crippen LogP contribution >= 0.6 is 0 Å². The summed E-state index contributed by atoms with van der Waals surface area (Å²) in [5, 5.41) is 3.88. The summed E-state index contributed by atoms with van der Waals surface area (Å²) in [5.41, 5.74) is 0.515. The van der Waals surface area contributed by atoms with Crippen LogP contribution in [0.4, 0.5) is 0 Å². The van der Waals surface area contributed by atoms with E-state index in [9.17, 15) is 0 Å². The van der Waals surface area contributed by atoms with Crippen LogP contribution in [-0.4, -0.2) is 36.1 Å². The molecule has 1 N–H and O–H groups in total. The second kappa shape index (κ2) is 7.08. The van der Waals surface area contributed by atoms with Gasteiger partial charge in [0.15, 0.2) is 0 Å². The lowest BCUT2D eigenvalue weighted by atomic mass is 9.77. The van der Waals surface area contributed by atoms with Crippen molar-refractivity contribution >= 4 is 0 Å². The highest BCUT2D eigenvalue weighted by Gasteiger charge is 2.41. The standard InChI is InChI=1S/C17H34N2/c1-4-5-11-19-13-16(12-15(2)3)18-14-17(19)9-7-6-8-10-17/h15-16,18H,4-14H2,1-3H3. The average Bonchev–Trinajstić information content (AvgIpc) is 2.40. The van der Waals surface area contributed by atoms with Gasteiger partial charge in [0.2, 0.25) is 0 Å². The van der Waals surface area contributed by atoms with Crippen LogP contribution in [0.15, 0.2) is 0 Å². The third kappa shape index (κ3) is 3.95. The van der Waals surface area contributed by atoms with Gasteiger partial charge in [-0.3, -0.25) is 4.90 Å². The molecule has 1 saturated heterocycles. The Morgan fingerprint density at radius 1 is 1.21 bits per heavy atom. The minimum atomic E-state index is 0.515. The molecule has 112 valence electrons. The number of piperazine rings is 1. The maximum absolute atomic E-state index is 3.88. The van der Waals surface area contributed by atoms with Crippen molar-refractivity contribution in [3.8, 4) is 0 Å². The van der Waals surface area contributed by atoms with Gasteiger partial charge in [-0.2, -0.15) is 0 Å². The molecule has 0 radical (unpaired) electrons. The zero-order valence-electron chi connectivity index (χ0n) is 13.4. The molecule has 0 aromatic carbocycles. The Bertz CT molecular complexity index is 256. The first-order valence-corrected chi connectivity index (χ1v) is 8.65. The first-order chi connectivity index (χ1) is 9.16. The average molecular weight is 266 g/mol. The fourth-order valence-electron chi connectivity index (χ4n) is 4.08. The Kier molecular flexibility index (Phi) is 5.70. The van der Waals surface area contributed by atoms with Gasteiger partial charge in [0.05, 0.1) is 0 Å². The van der Waals surface area contributed by atoms with Crippen molar-refractivity contribution in [2.24, 2.45) is 5.92 Å². The first kappa shape index (κ1) is 15.3. The summed E-state index contributed by atoms with van der Waals surface area (Å²) in [7, 11) is 0. The Morgan fingerprint density at radius 3 is 2.58 bits per heavy atom. The minimum Gasteiger partial charge on any atom is -0.311 e. The van der Waals surface area contributed by atoms with E-state index in [-0.39, 0.29) is 0 Å². The van der Waals surface area contributed by atoms with Crippen molar-refractivity contribution in [1.82, 2.24) is 10.2 Å². The SMILES string of the molecule is CCCCN1CC(CC(C)C)NCC12CCCCC2. The van der Waals surface area contributed by atoms with Crippen LogP contribution in [0.1, 0.15) is 72.1 Å². The van der Waals surface area contributed by atoms with Gasteiger partial charge in [-0.15, -0.1) is 0 Å². The Morgan fingerprint density at radius 2 is 1.95 bits per heavy atom. The maximum atomic E-state index is 3.88. The largest absolute Gasteiger partial charge is 0.311 e. The predicted octanol–water partition coefficient (Wildman–Crippen LogP) is 3.81. The molecule has 1 atom stereocenters. The normalized spacial score (nSPS) is 28.1. The van der Waals surface area contributed by atoms with Gasteiger partial charge in [0.1, 0.15) is 0 Å². The molecule has 2 nitrogen and oxygen atoms in total. The lowest BCUT2D eigenvalue weighted by Gasteiger charge is -2.52. The number of unbranched alkanes of at least 4 members (excludes halogenated alkanes) is 1. The van der Waals surface area contributed by atoms with Crippen molar-refractivity contribution in [2.75, 3.05) is 19.6 Å². The molecule has 19 heavy (non-hydrogen) atoms. The summed E-state index contributed by atoms with van der Waals surface area (Å²) in [4.78, 5) is 2.87. The van der Waals surface area contributed by atoms with E-state index in [1.165, 1.54) is 71.0 Å². The molecule has 1 aliphatic heterocycles. The summed E-state index contributed by atoms with van der Waals surface area (Å²) in [6.07, 6.45) is 11.2. The van der Waals surface area contributed by atoms with Crippen LogP contribution in [0, 0.1) is 5.92 Å². The van der Waals surface area contributed by atoms with Crippen molar-refractivity contribution in [3.05, 3.63) is 0 Å². The molecule has 0 bridgehead atoms. The lowest BCUT2D eigenvalue weighted by Crippen LogP contribution is -2.65. The molecule has 2 heteroatoms. The zero-order chi connectivity index (χ0) is 13.7. The van der Waals surface area contributed by atoms with Crippen LogP contribution < -0.4 is 5.32 Å². The minimum absolute atomic E-state index is 0.515. The van der Waals surface area contributed by atoms with E-state index in [0.717, 1.165) is 12.0 Å². The Hall–Kier alpha value is -0.0800. The van der Waals surface area contributed by atoms with Gasteiger partial charge < -0.3 is 5.32 Å². The Labute approximate surface area is 120 Å². The fourth-order valence-corrected chi connectivity index (χ4v) is 4.08. The molecular weight excluding hydrogens is 232 g/mol. The number of nitrogens with one attached hydrogen (secondary N) is 1. The summed E-state index contributed by atoms with van der Waals surface area (Å²) in [6, 6.07) is 0.726. The van der Waals surface area contributed by atoms with Crippen LogP contribution in [0.25, 0.3) is 0 Å². The topological polar surface area (TPSA) is 15.3 Å². The van der Waals surface area contributed by atoms with Crippen LogP contribution in [0.5, 0.6) is 0 Å². The fraction of sp³-hybridized carbons (Fsp3) is 1.00.